The predicted molar refractivity (Wildman–Crippen MR) is 64.8 cm³/mol. The summed E-state index contributed by atoms with van der Waals surface area (Å²) in [5.74, 6) is 0.841. The van der Waals surface area contributed by atoms with Crippen LogP contribution in [0.3, 0.4) is 0 Å². The third kappa shape index (κ3) is 2.01. The summed E-state index contributed by atoms with van der Waals surface area (Å²) >= 11 is 0. The van der Waals surface area contributed by atoms with Gasteiger partial charge in [-0.15, -0.1) is 0 Å². The topological polar surface area (TPSA) is 36.3 Å². The summed E-state index contributed by atoms with van der Waals surface area (Å²) < 4.78 is 6.18. The van der Waals surface area contributed by atoms with Crippen LogP contribution in [0, 0.1) is 11.3 Å². The Morgan fingerprint density at radius 2 is 2.24 bits per heavy atom. The first kappa shape index (κ1) is 10.6. The molecule has 2 aliphatic heterocycles. The van der Waals surface area contributed by atoms with Crippen LogP contribution in [0.5, 0.6) is 5.75 Å². The lowest BCUT2D eigenvalue weighted by atomic mass is 9.94. The summed E-state index contributed by atoms with van der Waals surface area (Å²) in [6.45, 7) is 3.41. The molecule has 88 valence electrons. The fraction of sp³-hybridized carbons (Fsp3) is 0.500. The first-order valence-electron chi connectivity index (χ1n) is 6.21. The van der Waals surface area contributed by atoms with Crippen LogP contribution < -0.4 is 4.74 Å². The predicted octanol–water partition coefficient (Wildman–Crippen LogP) is 2.18. The van der Waals surface area contributed by atoms with Gasteiger partial charge >= 0.3 is 0 Å². The maximum Gasteiger partial charge on any atom is 0.123 e. The van der Waals surface area contributed by atoms with Crippen LogP contribution in [-0.4, -0.2) is 30.1 Å². The molecule has 3 nitrogen and oxygen atoms in total. The van der Waals surface area contributed by atoms with Crippen molar-refractivity contribution in [2.45, 2.75) is 24.9 Å². The molecular weight excluding hydrogens is 212 g/mol. The van der Waals surface area contributed by atoms with Gasteiger partial charge in [0.25, 0.3) is 0 Å². The van der Waals surface area contributed by atoms with Crippen molar-refractivity contribution in [1.82, 2.24) is 4.90 Å². The summed E-state index contributed by atoms with van der Waals surface area (Å²) in [5, 5.41) is 8.88. The third-order valence-electron chi connectivity index (χ3n) is 3.80. The molecule has 2 saturated heterocycles. The van der Waals surface area contributed by atoms with Crippen LogP contribution in [0.25, 0.3) is 0 Å². The average Bonchev–Trinajstić information content (AvgIpc) is 2.64. The van der Waals surface area contributed by atoms with Crippen molar-refractivity contribution in [1.29, 1.82) is 5.26 Å². The highest BCUT2D eigenvalue weighted by atomic mass is 16.5. The fourth-order valence-electron chi connectivity index (χ4n) is 2.96. The number of nitrogens with zero attached hydrogens (tertiary/aromatic N) is 2. The molecule has 0 aromatic heterocycles. The van der Waals surface area contributed by atoms with Crippen molar-refractivity contribution in [2.24, 2.45) is 0 Å². The molecule has 3 heteroatoms. The molecule has 0 aliphatic carbocycles. The zero-order valence-corrected chi connectivity index (χ0v) is 9.85. The second kappa shape index (κ2) is 4.05. The Hall–Kier alpha value is -1.53. The van der Waals surface area contributed by atoms with Gasteiger partial charge in [0.05, 0.1) is 11.6 Å². The highest BCUT2D eigenvalue weighted by Crippen LogP contribution is 2.35. The summed E-state index contributed by atoms with van der Waals surface area (Å²) in [7, 11) is 0. The van der Waals surface area contributed by atoms with Gasteiger partial charge in [-0.2, -0.15) is 5.26 Å². The van der Waals surface area contributed by atoms with Gasteiger partial charge in [-0.3, -0.25) is 4.90 Å². The first-order chi connectivity index (χ1) is 8.30. The molecule has 17 heavy (non-hydrogen) atoms. The molecule has 0 saturated carbocycles. The van der Waals surface area contributed by atoms with E-state index in [1.54, 1.807) is 0 Å². The molecule has 1 aromatic rings. The van der Waals surface area contributed by atoms with Crippen molar-refractivity contribution in [3.63, 3.8) is 0 Å². The lowest BCUT2D eigenvalue weighted by Crippen LogP contribution is -2.43. The molecule has 1 unspecified atom stereocenters. The number of fused-ring (bicyclic) bond motifs is 2. The number of ether oxygens (including phenoxy) is 1. The zero-order valence-electron chi connectivity index (χ0n) is 9.85. The fourth-order valence-corrected chi connectivity index (χ4v) is 2.96. The highest BCUT2D eigenvalue weighted by Gasteiger charge is 2.42. The van der Waals surface area contributed by atoms with Crippen molar-refractivity contribution in [3.8, 4) is 11.8 Å². The normalized spacial score (nSPS) is 30.9. The Kier molecular flexibility index (Phi) is 2.53. The Morgan fingerprint density at radius 1 is 1.29 bits per heavy atom. The van der Waals surface area contributed by atoms with Crippen molar-refractivity contribution < 1.29 is 4.74 Å². The summed E-state index contributed by atoms with van der Waals surface area (Å²) in [6, 6.07) is 9.65. The Morgan fingerprint density at radius 3 is 3.12 bits per heavy atom. The molecular formula is C14H16N2O. The second-order valence-corrected chi connectivity index (χ2v) is 5.05. The largest absolute Gasteiger partial charge is 0.486 e. The monoisotopic (exact) mass is 228 g/mol. The number of piperidine rings is 1. The Bertz CT molecular complexity index is 462. The standard InChI is InChI=1S/C14H16N2O/c15-10-12-3-1-4-13(9-12)17-14-5-2-7-16(11-14)8-6-14/h1,3-4,9H,2,5-8,11H2/t14-/m1/s1. The lowest BCUT2D eigenvalue weighted by Gasteiger charge is -2.34. The molecule has 2 bridgehead atoms. The maximum absolute atomic E-state index is 8.88. The van der Waals surface area contributed by atoms with E-state index in [-0.39, 0.29) is 5.60 Å². The van der Waals surface area contributed by atoms with E-state index < -0.39 is 0 Å². The van der Waals surface area contributed by atoms with E-state index in [1.165, 1.54) is 13.0 Å². The minimum atomic E-state index is 0.00628. The van der Waals surface area contributed by atoms with Crippen molar-refractivity contribution in [3.05, 3.63) is 29.8 Å². The van der Waals surface area contributed by atoms with Crippen LogP contribution in [0.4, 0.5) is 0 Å². The van der Waals surface area contributed by atoms with Crippen LogP contribution >= 0.6 is 0 Å². The molecule has 2 atom stereocenters. The van der Waals surface area contributed by atoms with E-state index in [9.17, 15) is 0 Å². The van der Waals surface area contributed by atoms with E-state index in [1.807, 2.05) is 24.3 Å². The number of rotatable bonds is 2. The van der Waals surface area contributed by atoms with Crippen molar-refractivity contribution in [2.75, 3.05) is 19.6 Å². The van der Waals surface area contributed by atoms with E-state index in [0.717, 1.165) is 31.7 Å². The molecule has 0 spiro atoms. The summed E-state index contributed by atoms with van der Waals surface area (Å²) in [4.78, 5) is 2.47. The first-order valence-corrected chi connectivity index (χ1v) is 6.21. The molecule has 0 N–H and O–H groups in total. The van der Waals surface area contributed by atoms with E-state index >= 15 is 0 Å². The number of benzene rings is 1. The Balaban J connectivity index is 1.80. The molecule has 0 radical (unpaired) electrons. The van der Waals surface area contributed by atoms with Crippen LogP contribution in [0.2, 0.25) is 0 Å². The minimum Gasteiger partial charge on any atom is -0.486 e. The smallest absolute Gasteiger partial charge is 0.123 e. The van der Waals surface area contributed by atoms with E-state index in [2.05, 4.69) is 11.0 Å². The second-order valence-electron chi connectivity index (χ2n) is 5.05. The van der Waals surface area contributed by atoms with Gasteiger partial charge in [-0.05, 0) is 37.6 Å². The molecule has 1 aromatic carbocycles. The third-order valence-corrected chi connectivity index (χ3v) is 3.80. The number of hydrogen-bond acceptors (Lipinski definition) is 3. The number of hydrogen-bond donors (Lipinski definition) is 0. The van der Waals surface area contributed by atoms with Gasteiger partial charge in [-0.25, -0.2) is 0 Å². The molecule has 0 amide bonds. The van der Waals surface area contributed by atoms with Gasteiger partial charge in [0.1, 0.15) is 11.4 Å². The zero-order chi connectivity index (χ0) is 11.7. The summed E-state index contributed by atoms with van der Waals surface area (Å²) in [5.41, 5.74) is 0.677. The van der Waals surface area contributed by atoms with Gasteiger partial charge in [0.2, 0.25) is 0 Å². The van der Waals surface area contributed by atoms with Gasteiger partial charge in [-0.1, -0.05) is 6.07 Å². The van der Waals surface area contributed by atoms with Gasteiger partial charge < -0.3 is 4.74 Å². The maximum atomic E-state index is 8.88. The quantitative estimate of drug-likeness (QED) is 0.778. The molecule has 2 fully saturated rings. The Labute approximate surface area is 102 Å². The molecule has 2 heterocycles. The van der Waals surface area contributed by atoms with Gasteiger partial charge in [0, 0.05) is 19.5 Å². The minimum absolute atomic E-state index is 0.00628. The summed E-state index contributed by atoms with van der Waals surface area (Å²) in [6.07, 6.45) is 3.47. The SMILES string of the molecule is N#Cc1cccc(O[C@]23CCCN(CC2)C3)c1. The molecule has 3 rings (SSSR count). The lowest BCUT2D eigenvalue weighted by molar-refractivity contribution is 0.0453. The molecule has 2 aliphatic rings. The van der Waals surface area contributed by atoms with E-state index in [4.69, 9.17) is 10.00 Å². The van der Waals surface area contributed by atoms with Crippen molar-refractivity contribution >= 4 is 0 Å². The highest BCUT2D eigenvalue weighted by molar-refractivity contribution is 5.36. The van der Waals surface area contributed by atoms with Gasteiger partial charge in [0.15, 0.2) is 0 Å². The van der Waals surface area contributed by atoms with E-state index in [0.29, 0.717) is 5.56 Å². The number of nitriles is 1. The van der Waals surface area contributed by atoms with Crippen LogP contribution in [-0.2, 0) is 0 Å². The van der Waals surface area contributed by atoms with Crippen LogP contribution in [0.15, 0.2) is 24.3 Å². The average molecular weight is 228 g/mol. The van der Waals surface area contributed by atoms with Crippen LogP contribution in [0.1, 0.15) is 24.8 Å².